The first-order valence-corrected chi connectivity index (χ1v) is 7.30. The topological polar surface area (TPSA) is 81.5 Å². The Balaban J connectivity index is 2.48. The Morgan fingerprint density at radius 2 is 1.64 bits per heavy atom. The molecule has 0 bridgehead atoms. The molecule has 4 nitrogen and oxygen atoms in total. The van der Waals surface area contributed by atoms with Crippen molar-refractivity contribution in [2.45, 2.75) is 13.3 Å². The van der Waals surface area contributed by atoms with Crippen LogP contribution < -0.4 is 11.5 Å². The molecule has 0 aliphatic heterocycles. The highest BCUT2D eigenvalue weighted by Gasteiger charge is 2.12. The molecule has 2 aromatic rings. The number of nitrogens with two attached hydrogens (primary N) is 2. The van der Waals surface area contributed by atoms with Gasteiger partial charge < -0.3 is 11.5 Å². The molecule has 0 saturated heterocycles. The highest BCUT2D eigenvalue weighted by atomic mass is 35.5. The number of hydrogen-bond acceptors (Lipinski definition) is 1. The molecule has 0 atom stereocenters. The Hall–Kier alpha value is -2.04. The largest absolute Gasteiger partial charge is 0.370 e. The van der Waals surface area contributed by atoms with Gasteiger partial charge in [-0.2, -0.15) is 4.99 Å². The fourth-order valence-corrected chi connectivity index (χ4v) is 2.67. The molecule has 2 aromatic carbocycles. The monoisotopic (exact) mass is 335 g/mol. The van der Waals surface area contributed by atoms with E-state index in [1.54, 1.807) is 18.2 Å². The second-order valence-corrected chi connectivity index (χ2v) is 5.74. The molecule has 0 aliphatic rings. The van der Waals surface area contributed by atoms with Gasteiger partial charge in [0.05, 0.1) is 6.42 Å². The minimum atomic E-state index is -0.421. The van der Waals surface area contributed by atoms with Gasteiger partial charge in [-0.25, -0.2) is 0 Å². The fourth-order valence-electron chi connectivity index (χ4n) is 2.25. The maximum Gasteiger partial charge on any atom is 0.253 e. The maximum atomic E-state index is 11.8. The number of aryl methyl sites for hydroxylation is 1. The molecular formula is C16H15Cl2N3O. The van der Waals surface area contributed by atoms with E-state index >= 15 is 0 Å². The number of rotatable bonds is 3. The SMILES string of the molecule is Cc1cc(Cl)ccc1-c1ccc(Cl)cc1CC(=O)N=C(N)N. The van der Waals surface area contributed by atoms with E-state index < -0.39 is 5.91 Å². The predicted octanol–water partition coefficient (Wildman–Crippen LogP) is 3.31. The molecule has 0 saturated carbocycles. The van der Waals surface area contributed by atoms with Crippen molar-refractivity contribution in [1.82, 2.24) is 0 Å². The van der Waals surface area contributed by atoms with E-state index in [4.69, 9.17) is 34.7 Å². The van der Waals surface area contributed by atoms with Gasteiger partial charge >= 0.3 is 0 Å². The molecule has 0 aromatic heterocycles. The van der Waals surface area contributed by atoms with E-state index in [1.165, 1.54) is 0 Å². The zero-order chi connectivity index (χ0) is 16.3. The molecule has 0 spiro atoms. The first-order valence-electron chi connectivity index (χ1n) is 6.54. The van der Waals surface area contributed by atoms with Gasteiger partial charge in [0.25, 0.3) is 5.91 Å². The van der Waals surface area contributed by atoms with Gasteiger partial charge in [0.2, 0.25) is 0 Å². The molecule has 0 aliphatic carbocycles. The van der Waals surface area contributed by atoms with Gasteiger partial charge in [-0.15, -0.1) is 0 Å². The molecule has 2 rings (SSSR count). The minimum Gasteiger partial charge on any atom is -0.370 e. The van der Waals surface area contributed by atoms with E-state index in [0.717, 1.165) is 22.3 Å². The number of halogens is 2. The second-order valence-electron chi connectivity index (χ2n) is 4.87. The zero-order valence-electron chi connectivity index (χ0n) is 11.9. The van der Waals surface area contributed by atoms with Crippen molar-refractivity contribution in [3.05, 3.63) is 57.6 Å². The van der Waals surface area contributed by atoms with E-state index in [9.17, 15) is 4.79 Å². The fraction of sp³-hybridized carbons (Fsp3) is 0.125. The number of benzene rings is 2. The summed E-state index contributed by atoms with van der Waals surface area (Å²) >= 11 is 12.0. The Kier molecular flexibility index (Phi) is 5.06. The van der Waals surface area contributed by atoms with Gasteiger partial charge in [0.15, 0.2) is 5.96 Å². The molecule has 22 heavy (non-hydrogen) atoms. The Bertz CT molecular complexity index is 753. The van der Waals surface area contributed by atoms with Gasteiger partial charge in [-0.05, 0) is 53.4 Å². The van der Waals surface area contributed by atoms with Crippen molar-refractivity contribution in [2.24, 2.45) is 16.5 Å². The van der Waals surface area contributed by atoms with Crippen LogP contribution in [0.4, 0.5) is 0 Å². The lowest BCUT2D eigenvalue weighted by atomic mass is 9.94. The molecule has 0 radical (unpaired) electrons. The number of carbonyl (C=O) groups excluding carboxylic acids is 1. The Morgan fingerprint density at radius 1 is 1.05 bits per heavy atom. The van der Waals surface area contributed by atoms with E-state index in [0.29, 0.717) is 10.0 Å². The first kappa shape index (κ1) is 16.3. The molecule has 0 fully saturated rings. The second kappa shape index (κ2) is 6.81. The molecule has 114 valence electrons. The van der Waals surface area contributed by atoms with Crippen molar-refractivity contribution >= 4 is 35.1 Å². The van der Waals surface area contributed by atoms with Crippen molar-refractivity contribution < 1.29 is 4.79 Å². The van der Waals surface area contributed by atoms with E-state index in [2.05, 4.69) is 4.99 Å². The van der Waals surface area contributed by atoms with Crippen LogP contribution in [0.3, 0.4) is 0 Å². The van der Waals surface area contributed by atoms with Crippen LogP contribution in [0.15, 0.2) is 41.4 Å². The first-order chi connectivity index (χ1) is 10.4. The minimum absolute atomic E-state index is 0.0653. The summed E-state index contributed by atoms with van der Waals surface area (Å²) < 4.78 is 0. The summed E-state index contributed by atoms with van der Waals surface area (Å²) in [7, 11) is 0. The van der Waals surface area contributed by atoms with Crippen LogP contribution in [0.2, 0.25) is 10.0 Å². The average Bonchev–Trinajstić information content (AvgIpc) is 2.39. The van der Waals surface area contributed by atoms with Gasteiger partial charge in [-0.1, -0.05) is 35.3 Å². The van der Waals surface area contributed by atoms with Gasteiger partial charge in [0, 0.05) is 10.0 Å². The maximum absolute atomic E-state index is 11.8. The third-order valence-corrected chi connectivity index (χ3v) is 3.61. The van der Waals surface area contributed by atoms with Crippen molar-refractivity contribution in [3.63, 3.8) is 0 Å². The van der Waals surface area contributed by atoms with Crippen LogP contribution in [-0.4, -0.2) is 11.9 Å². The molecular weight excluding hydrogens is 321 g/mol. The number of amides is 1. The molecule has 0 heterocycles. The third-order valence-electron chi connectivity index (χ3n) is 3.14. The van der Waals surface area contributed by atoms with Crippen LogP contribution in [0.25, 0.3) is 11.1 Å². The zero-order valence-corrected chi connectivity index (χ0v) is 13.4. The van der Waals surface area contributed by atoms with E-state index in [1.807, 2.05) is 25.1 Å². The van der Waals surface area contributed by atoms with Crippen LogP contribution in [-0.2, 0) is 11.2 Å². The average molecular weight is 336 g/mol. The smallest absolute Gasteiger partial charge is 0.253 e. The highest BCUT2D eigenvalue weighted by Crippen LogP contribution is 2.31. The van der Waals surface area contributed by atoms with Crippen LogP contribution >= 0.6 is 23.2 Å². The summed E-state index contributed by atoms with van der Waals surface area (Å²) in [6, 6.07) is 11.0. The lowest BCUT2D eigenvalue weighted by Gasteiger charge is -2.12. The summed E-state index contributed by atoms with van der Waals surface area (Å²) in [5, 5.41) is 1.20. The number of hydrogen-bond donors (Lipinski definition) is 2. The van der Waals surface area contributed by atoms with Crippen LogP contribution in [0.1, 0.15) is 11.1 Å². The molecule has 0 unspecified atom stereocenters. The van der Waals surface area contributed by atoms with Crippen molar-refractivity contribution in [3.8, 4) is 11.1 Å². The highest BCUT2D eigenvalue weighted by molar-refractivity contribution is 6.31. The standard InChI is InChI=1S/C16H15Cl2N3O/c1-9-6-11(17)2-4-13(9)14-5-3-12(18)7-10(14)8-15(22)21-16(19)20/h2-7H,8H2,1H3,(H4,19,20,21,22). The van der Waals surface area contributed by atoms with Crippen LogP contribution in [0.5, 0.6) is 0 Å². The number of carbonyl (C=O) groups is 1. The number of guanidine groups is 1. The lowest BCUT2D eigenvalue weighted by molar-refractivity contribution is -0.117. The normalized spacial score (nSPS) is 10.3. The molecule has 6 heteroatoms. The van der Waals surface area contributed by atoms with Crippen molar-refractivity contribution in [2.75, 3.05) is 0 Å². The lowest BCUT2D eigenvalue weighted by Crippen LogP contribution is -2.24. The molecule has 1 amide bonds. The Morgan fingerprint density at radius 3 is 2.23 bits per heavy atom. The third kappa shape index (κ3) is 4.00. The quantitative estimate of drug-likeness (QED) is 0.666. The summed E-state index contributed by atoms with van der Waals surface area (Å²) in [4.78, 5) is 15.4. The summed E-state index contributed by atoms with van der Waals surface area (Å²) in [5.41, 5.74) is 14.1. The predicted molar refractivity (Wildman–Crippen MR) is 91.2 cm³/mol. The van der Waals surface area contributed by atoms with Gasteiger partial charge in [0.1, 0.15) is 0 Å². The van der Waals surface area contributed by atoms with Crippen molar-refractivity contribution in [1.29, 1.82) is 0 Å². The summed E-state index contributed by atoms with van der Waals surface area (Å²) in [6.45, 7) is 1.96. The molecule has 4 N–H and O–H groups in total. The van der Waals surface area contributed by atoms with Gasteiger partial charge in [-0.3, -0.25) is 4.79 Å². The Labute approximate surface area is 138 Å². The summed E-state index contributed by atoms with van der Waals surface area (Å²) in [6.07, 6.45) is 0.0653. The van der Waals surface area contributed by atoms with Crippen LogP contribution in [0, 0.1) is 6.92 Å². The van der Waals surface area contributed by atoms with E-state index in [-0.39, 0.29) is 12.4 Å². The number of nitrogens with zero attached hydrogens (tertiary/aromatic N) is 1. The number of aliphatic imine (C=N–C) groups is 1. The summed E-state index contributed by atoms with van der Waals surface area (Å²) in [5.74, 6) is -0.675.